The Balaban J connectivity index is 1.78. The number of carbonyl (C=O) groups excluding carboxylic acids is 1. The molecule has 0 bridgehead atoms. The molecule has 1 aliphatic heterocycles. The van der Waals surface area contributed by atoms with E-state index < -0.39 is 0 Å². The van der Waals surface area contributed by atoms with E-state index in [1.54, 1.807) is 0 Å². The van der Waals surface area contributed by atoms with Gasteiger partial charge in [0.25, 0.3) is 5.91 Å². The third kappa shape index (κ3) is 3.56. The lowest BCUT2D eigenvalue weighted by Gasteiger charge is -2.31. The lowest BCUT2D eigenvalue weighted by molar-refractivity contribution is 0.0683. The average molecular weight is 390 g/mol. The van der Waals surface area contributed by atoms with Crippen molar-refractivity contribution in [2.75, 3.05) is 13.1 Å². The molecule has 0 unspecified atom stereocenters. The highest BCUT2D eigenvalue weighted by Gasteiger charge is 2.22. The van der Waals surface area contributed by atoms with Crippen molar-refractivity contribution in [3.8, 4) is 0 Å². The van der Waals surface area contributed by atoms with Gasteiger partial charge < -0.3 is 4.90 Å². The summed E-state index contributed by atoms with van der Waals surface area (Å²) in [5.74, 6) is 0.746. The van der Waals surface area contributed by atoms with Crippen molar-refractivity contribution in [1.82, 2.24) is 14.7 Å². The second-order valence-electron chi connectivity index (χ2n) is 6.84. The minimum absolute atomic E-state index is 0.151. The van der Waals surface area contributed by atoms with E-state index in [1.165, 1.54) is 6.42 Å². The summed E-state index contributed by atoms with van der Waals surface area (Å²) in [6.07, 6.45) is 2.32. The summed E-state index contributed by atoms with van der Waals surface area (Å²) < 4.78 is 3.03. The van der Waals surface area contributed by atoms with Crippen molar-refractivity contribution in [2.24, 2.45) is 5.92 Å². The molecule has 0 saturated carbocycles. The third-order valence-corrected chi connectivity index (χ3v) is 5.89. The Morgan fingerprint density at radius 1 is 1.38 bits per heavy atom. The monoisotopic (exact) mass is 389 g/mol. The highest BCUT2D eigenvalue weighted by atomic mass is 79.9. The summed E-state index contributed by atoms with van der Waals surface area (Å²) in [5.41, 5.74) is 3.97. The average Bonchev–Trinajstić information content (AvgIpc) is 2.81. The van der Waals surface area contributed by atoms with Crippen LogP contribution in [-0.2, 0) is 6.54 Å². The number of nitrogens with zero attached hydrogens (tertiary/aromatic N) is 3. The van der Waals surface area contributed by atoms with Crippen LogP contribution in [0, 0.1) is 19.8 Å². The van der Waals surface area contributed by atoms with Gasteiger partial charge in [-0.05, 0) is 66.2 Å². The molecule has 1 saturated heterocycles. The topological polar surface area (TPSA) is 38.1 Å². The number of aromatic nitrogens is 2. The molecule has 1 atom stereocenters. The lowest BCUT2D eigenvalue weighted by atomic mass is 9.99. The van der Waals surface area contributed by atoms with Gasteiger partial charge in [-0.25, -0.2) is 0 Å². The van der Waals surface area contributed by atoms with Crippen molar-refractivity contribution in [3.05, 3.63) is 51.3 Å². The highest BCUT2D eigenvalue weighted by Crippen LogP contribution is 2.22. The maximum absolute atomic E-state index is 12.8. The molecule has 0 radical (unpaired) electrons. The largest absolute Gasteiger partial charge is 0.338 e. The van der Waals surface area contributed by atoms with Crippen LogP contribution in [0.2, 0.25) is 0 Å². The summed E-state index contributed by atoms with van der Waals surface area (Å²) in [6.45, 7) is 8.68. The first kappa shape index (κ1) is 17.2. The molecule has 1 fully saturated rings. The Morgan fingerprint density at radius 2 is 2.17 bits per heavy atom. The van der Waals surface area contributed by atoms with Crippen molar-refractivity contribution < 1.29 is 4.79 Å². The van der Waals surface area contributed by atoms with Gasteiger partial charge >= 0.3 is 0 Å². The van der Waals surface area contributed by atoms with Gasteiger partial charge in [0.1, 0.15) is 0 Å². The van der Waals surface area contributed by atoms with Crippen LogP contribution < -0.4 is 0 Å². The first-order valence-corrected chi connectivity index (χ1v) is 9.32. The van der Waals surface area contributed by atoms with Crippen LogP contribution in [-0.4, -0.2) is 33.7 Å². The number of hydrogen-bond acceptors (Lipinski definition) is 2. The quantitative estimate of drug-likeness (QED) is 0.789. The normalized spacial score (nSPS) is 18.0. The van der Waals surface area contributed by atoms with Crippen molar-refractivity contribution in [2.45, 2.75) is 40.2 Å². The lowest BCUT2D eigenvalue weighted by Crippen LogP contribution is -2.39. The van der Waals surface area contributed by atoms with Crippen LogP contribution in [0.3, 0.4) is 0 Å². The van der Waals surface area contributed by atoms with E-state index in [9.17, 15) is 4.79 Å². The van der Waals surface area contributed by atoms with Crippen molar-refractivity contribution in [3.63, 3.8) is 0 Å². The number of aryl methyl sites for hydroxylation is 1. The van der Waals surface area contributed by atoms with E-state index in [2.05, 4.69) is 34.0 Å². The van der Waals surface area contributed by atoms with E-state index in [4.69, 9.17) is 0 Å². The predicted molar refractivity (Wildman–Crippen MR) is 99.2 cm³/mol. The van der Waals surface area contributed by atoms with Crippen molar-refractivity contribution >= 4 is 21.8 Å². The molecule has 1 amide bonds. The summed E-state index contributed by atoms with van der Waals surface area (Å²) >= 11 is 3.56. The van der Waals surface area contributed by atoms with Crippen molar-refractivity contribution in [1.29, 1.82) is 0 Å². The minimum Gasteiger partial charge on any atom is -0.338 e. The van der Waals surface area contributed by atoms with Gasteiger partial charge in [0, 0.05) is 18.7 Å². The van der Waals surface area contributed by atoms with Gasteiger partial charge in [0.2, 0.25) is 0 Å². The first-order valence-electron chi connectivity index (χ1n) is 8.53. The number of halogens is 1. The molecule has 0 spiro atoms. The summed E-state index contributed by atoms with van der Waals surface area (Å²) in [7, 11) is 0. The van der Waals surface area contributed by atoms with E-state index in [-0.39, 0.29) is 5.91 Å². The fraction of sp³-hybridized carbons (Fsp3) is 0.474. The Hall–Kier alpha value is -1.62. The number of rotatable bonds is 3. The Kier molecular flexibility index (Phi) is 5.09. The summed E-state index contributed by atoms with van der Waals surface area (Å²) in [5, 5.41) is 4.55. The van der Waals surface area contributed by atoms with E-state index in [1.807, 2.05) is 41.6 Å². The number of carbonyl (C=O) groups is 1. The van der Waals surface area contributed by atoms with Crippen LogP contribution in [0.1, 0.15) is 47.1 Å². The molecule has 4 nitrogen and oxygen atoms in total. The summed E-state index contributed by atoms with van der Waals surface area (Å²) in [6, 6.07) is 7.95. The molecule has 1 aromatic heterocycles. The molecular weight excluding hydrogens is 366 g/mol. The fourth-order valence-electron chi connectivity index (χ4n) is 3.36. The number of amides is 1. The SMILES string of the molecule is Cc1nn(Cc2cccc(C(=O)N3CCC[C@@H](C)C3)c2)c(C)c1Br. The molecule has 0 N–H and O–H groups in total. The van der Waals surface area contributed by atoms with Crippen LogP contribution in [0.25, 0.3) is 0 Å². The molecule has 2 aromatic rings. The standard InChI is InChI=1S/C19H24BrN3O/c1-13-6-5-9-22(11-13)19(24)17-8-4-7-16(10-17)12-23-15(3)18(20)14(2)21-23/h4,7-8,10,13H,5-6,9,11-12H2,1-3H3/t13-/m1/s1. The smallest absolute Gasteiger partial charge is 0.253 e. The van der Waals surface area contributed by atoms with Gasteiger partial charge in [-0.1, -0.05) is 19.1 Å². The molecule has 128 valence electrons. The number of hydrogen-bond donors (Lipinski definition) is 0. The molecule has 5 heteroatoms. The predicted octanol–water partition coefficient (Wildman–Crippen LogP) is 4.18. The van der Waals surface area contributed by atoms with Crippen LogP contribution in [0.15, 0.2) is 28.7 Å². The van der Waals surface area contributed by atoms with Gasteiger partial charge in [-0.3, -0.25) is 9.48 Å². The Labute approximate surface area is 152 Å². The molecule has 24 heavy (non-hydrogen) atoms. The first-order chi connectivity index (χ1) is 11.5. The molecule has 1 aromatic carbocycles. The zero-order valence-corrected chi connectivity index (χ0v) is 16.1. The van der Waals surface area contributed by atoms with Gasteiger partial charge in [0.15, 0.2) is 0 Å². The maximum Gasteiger partial charge on any atom is 0.253 e. The zero-order valence-electron chi connectivity index (χ0n) is 14.6. The minimum atomic E-state index is 0.151. The third-order valence-electron chi connectivity index (χ3n) is 4.74. The van der Waals surface area contributed by atoms with Gasteiger partial charge in [-0.2, -0.15) is 5.10 Å². The Morgan fingerprint density at radius 3 is 2.83 bits per heavy atom. The van der Waals surface area contributed by atoms with E-state index in [0.29, 0.717) is 12.5 Å². The van der Waals surface area contributed by atoms with E-state index in [0.717, 1.165) is 46.5 Å². The van der Waals surface area contributed by atoms with E-state index >= 15 is 0 Å². The second-order valence-corrected chi connectivity index (χ2v) is 7.63. The number of piperidine rings is 1. The number of likely N-dealkylation sites (tertiary alicyclic amines) is 1. The molecule has 1 aliphatic rings. The van der Waals surface area contributed by atoms with Gasteiger partial charge in [-0.15, -0.1) is 0 Å². The second kappa shape index (κ2) is 7.09. The highest BCUT2D eigenvalue weighted by molar-refractivity contribution is 9.10. The Bertz CT molecular complexity index is 753. The molecule has 2 heterocycles. The molecule has 3 rings (SSSR count). The van der Waals surface area contributed by atoms with Crippen LogP contribution in [0.4, 0.5) is 0 Å². The molecule has 0 aliphatic carbocycles. The maximum atomic E-state index is 12.8. The zero-order chi connectivity index (χ0) is 17.3. The number of benzene rings is 1. The fourth-order valence-corrected chi connectivity index (χ4v) is 3.65. The molecular formula is C19H24BrN3O. The summed E-state index contributed by atoms with van der Waals surface area (Å²) in [4.78, 5) is 14.8. The van der Waals surface area contributed by atoms with Crippen LogP contribution in [0.5, 0.6) is 0 Å². The van der Waals surface area contributed by atoms with Crippen LogP contribution >= 0.6 is 15.9 Å². The van der Waals surface area contributed by atoms with Gasteiger partial charge in [0.05, 0.1) is 22.4 Å².